The topological polar surface area (TPSA) is 82.6 Å². The van der Waals surface area contributed by atoms with E-state index in [1.807, 2.05) is 30.3 Å². The predicted molar refractivity (Wildman–Crippen MR) is 79.5 cm³/mol. The van der Waals surface area contributed by atoms with E-state index in [0.29, 0.717) is 19.6 Å². The Bertz CT molecular complexity index is 631. The largest absolute Gasteiger partial charge is 0.390 e. The van der Waals surface area contributed by atoms with Crippen molar-refractivity contribution in [3.8, 4) is 0 Å². The van der Waals surface area contributed by atoms with Crippen molar-refractivity contribution >= 4 is 5.91 Å². The van der Waals surface area contributed by atoms with E-state index in [1.54, 1.807) is 0 Å². The Balaban J connectivity index is 1.51. The Kier molecular flexibility index (Phi) is 3.37. The summed E-state index contributed by atoms with van der Waals surface area (Å²) in [6, 6.07) is 7.12. The highest BCUT2D eigenvalue weighted by atomic mass is 16.5. The summed E-state index contributed by atoms with van der Waals surface area (Å²) < 4.78 is 5.43. The summed E-state index contributed by atoms with van der Waals surface area (Å²) in [7, 11) is 0. The van der Waals surface area contributed by atoms with Gasteiger partial charge in [0.25, 0.3) is 0 Å². The number of nitrogens with one attached hydrogen (secondary N) is 3. The van der Waals surface area contributed by atoms with E-state index in [1.165, 1.54) is 0 Å². The van der Waals surface area contributed by atoms with Crippen LogP contribution in [0.25, 0.3) is 0 Å². The zero-order valence-electron chi connectivity index (χ0n) is 12.1. The van der Waals surface area contributed by atoms with Crippen molar-refractivity contribution < 1.29 is 14.6 Å². The first-order valence-electron chi connectivity index (χ1n) is 7.59. The van der Waals surface area contributed by atoms with E-state index in [-0.39, 0.29) is 23.9 Å². The van der Waals surface area contributed by atoms with E-state index < -0.39 is 6.10 Å². The predicted octanol–water partition coefficient (Wildman–Crippen LogP) is -0.232. The molecule has 4 N–H and O–H groups in total. The summed E-state index contributed by atoms with van der Waals surface area (Å²) >= 11 is 0. The van der Waals surface area contributed by atoms with Crippen LogP contribution in [0.5, 0.6) is 0 Å². The van der Waals surface area contributed by atoms with Crippen LogP contribution < -0.4 is 16.2 Å². The van der Waals surface area contributed by atoms with Gasteiger partial charge >= 0.3 is 0 Å². The number of aliphatic hydroxyl groups is 1. The standard InChI is InChI=1S/C16H19N3O3/c20-13-7-9-3-1-2-4-10(9)14(13)17-16(21)15-11-8-22-6-5-12(11)18-19-15/h1-5,11,13-15,18-20H,6-8H2,(H,17,21)/t11?,13-,14+,15?/m1/s1. The Hall–Kier alpha value is -1.89. The van der Waals surface area contributed by atoms with Crippen molar-refractivity contribution in [2.24, 2.45) is 5.92 Å². The first-order valence-corrected chi connectivity index (χ1v) is 7.59. The van der Waals surface area contributed by atoms with Crippen molar-refractivity contribution in [3.05, 3.63) is 47.2 Å². The van der Waals surface area contributed by atoms with E-state index in [0.717, 1.165) is 16.8 Å². The van der Waals surface area contributed by atoms with E-state index in [2.05, 4.69) is 16.2 Å². The molecule has 0 spiro atoms. The highest BCUT2D eigenvalue weighted by Crippen LogP contribution is 2.32. The van der Waals surface area contributed by atoms with Gasteiger partial charge in [-0.25, -0.2) is 5.43 Å². The highest BCUT2D eigenvalue weighted by Gasteiger charge is 2.40. The lowest BCUT2D eigenvalue weighted by molar-refractivity contribution is -0.125. The lowest BCUT2D eigenvalue weighted by Gasteiger charge is -2.24. The van der Waals surface area contributed by atoms with Gasteiger partial charge in [-0.3, -0.25) is 4.79 Å². The lowest BCUT2D eigenvalue weighted by atomic mass is 9.96. The minimum Gasteiger partial charge on any atom is -0.390 e. The zero-order valence-corrected chi connectivity index (χ0v) is 12.1. The van der Waals surface area contributed by atoms with E-state index in [4.69, 9.17) is 4.74 Å². The smallest absolute Gasteiger partial charge is 0.240 e. The van der Waals surface area contributed by atoms with Gasteiger partial charge in [0.05, 0.1) is 25.4 Å². The Labute approximate surface area is 128 Å². The fraction of sp³-hybridized carbons (Fsp3) is 0.438. The molecule has 2 unspecified atom stereocenters. The Morgan fingerprint density at radius 3 is 3.14 bits per heavy atom. The summed E-state index contributed by atoms with van der Waals surface area (Å²) in [5.41, 5.74) is 9.19. The van der Waals surface area contributed by atoms with Crippen LogP contribution in [0.3, 0.4) is 0 Å². The van der Waals surface area contributed by atoms with Crippen LogP contribution in [-0.4, -0.2) is 36.4 Å². The minimum absolute atomic E-state index is 0.00235. The van der Waals surface area contributed by atoms with Crippen LogP contribution in [0.1, 0.15) is 17.2 Å². The van der Waals surface area contributed by atoms with Crippen LogP contribution in [0, 0.1) is 5.92 Å². The summed E-state index contributed by atoms with van der Waals surface area (Å²) in [6.07, 6.45) is 1.96. The third-order valence-corrected chi connectivity index (χ3v) is 4.68. The first-order chi connectivity index (χ1) is 10.7. The number of aliphatic hydroxyl groups excluding tert-OH is 1. The van der Waals surface area contributed by atoms with E-state index >= 15 is 0 Å². The van der Waals surface area contributed by atoms with Crippen LogP contribution in [0.2, 0.25) is 0 Å². The molecule has 4 rings (SSSR count). The summed E-state index contributed by atoms with van der Waals surface area (Å²) in [5.74, 6) is -0.116. The molecule has 1 aromatic carbocycles. The molecule has 6 heteroatoms. The average Bonchev–Trinajstić information content (AvgIpc) is 3.09. The van der Waals surface area contributed by atoms with Gasteiger partial charge < -0.3 is 20.6 Å². The maximum atomic E-state index is 12.6. The molecule has 116 valence electrons. The number of hydrazine groups is 1. The van der Waals surface area contributed by atoms with Gasteiger partial charge in [0, 0.05) is 18.0 Å². The third kappa shape index (κ3) is 2.20. The first kappa shape index (κ1) is 13.8. The zero-order chi connectivity index (χ0) is 15.1. The quantitative estimate of drug-likeness (QED) is 0.606. The monoisotopic (exact) mass is 301 g/mol. The van der Waals surface area contributed by atoms with Crippen molar-refractivity contribution in [2.45, 2.75) is 24.6 Å². The Morgan fingerprint density at radius 1 is 1.36 bits per heavy atom. The van der Waals surface area contributed by atoms with Crippen LogP contribution in [-0.2, 0) is 16.0 Å². The van der Waals surface area contributed by atoms with E-state index in [9.17, 15) is 9.90 Å². The molecule has 22 heavy (non-hydrogen) atoms. The minimum atomic E-state index is -0.576. The van der Waals surface area contributed by atoms with Crippen molar-refractivity contribution in [2.75, 3.05) is 13.2 Å². The molecular formula is C16H19N3O3. The summed E-state index contributed by atoms with van der Waals surface area (Å²) in [4.78, 5) is 12.6. The van der Waals surface area contributed by atoms with Gasteiger partial charge in [-0.2, -0.15) is 0 Å². The molecule has 0 bridgehead atoms. The fourth-order valence-electron chi connectivity index (χ4n) is 3.51. The van der Waals surface area contributed by atoms with Gasteiger partial charge in [0.15, 0.2) is 0 Å². The van der Waals surface area contributed by atoms with Crippen molar-refractivity contribution in [1.82, 2.24) is 16.2 Å². The number of fused-ring (bicyclic) bond motifs is 2. The maximum Gasteiger partial charge on any atom is 0.240 e. The van der Waals surface area contributed by atoms with Crippen molar-refractivity contribution in [3.63, 3.8) is 0 Å². The summed E-state index contributed by atoms with van der Waals surface area (Å²) in [5, 5.41) is 13.2. The van der Waals surface area contributed by atoms with Gasteiger partial charge in [0.1, 0.15) is 6.04 Å². The lowest BCUT2D eigenvalue weighted by Crippen LogP contribution is -2.48. The third-order valence-electron chi connectivity index (χ3n) is 4.68. The molecule has 1 saturated heterocycles. The molecule has 0 aromatic heterocycles. The second kappa shape index (κ2) is 5.39. The molecule has 2 aliphatic heterocycles. The van der Waals surface area contributed by atoms with Crippen LogP contribution >= 0.6 is 0 Å². The number of ether oxygens (including phenoxy) is 1. The number of amides is 1. The number of rotatable bonds is 2. The molecule has 0 radical (unpaired) electrons. The second-order valence-electron chi connectivity index (χ2n) is 6.01. The maximum absolute atomic E-state index is 12.6. The van der Waals surface area contributed by atoms with Gasteiger partial charge in [-0.1, -0.05) is 24.3 Å². The molecule has 6 nitrogen and oxygen atoms in total. The normalized spacial score (nSPS) is 32.7. The number of hydrogen-bond donors (Lipinski definition) is 4. The van der Waals surface area contributed by atoms with Crippen molar-refractivity contribution in [1.29, 1.82) is 0 Å². The molecule has 2 heterocycles. The second-order valence-corrected chi connectivity index (χ2v) is 6.01. The van der Waals surface area contributed by atoms with Gasteiger partial charge in [-0.05, 0) is 17.2 Å². The Morgan fingerprint density at radius 2 is 2.23 bits per heavy atom. The fourth-order valence-corrected chi connectivity index (χ4v) is 3.51. The molecule has 1 aromatic rings. The number of hydrogen-bond acceptors (Lipinski definition) is 5. The molecule has 4 atom stereocenters. The molecule has 1 amide bonds. The average molecular weight is 301 g/mol. The number of carbonyl (C=O) groups excluding carboxylic acids is 1. The van der Waals surface area contributed by atoms with Gasteiger partial charge in [0.2, 0.25) is 5.91 Å². The highest BCUT2D eigenvalue weighted by molar-refractivity contribution is 5.83. The number of benzene rings is 1. The molecule has 1 fully saturated rings. The SMILES string of the molecule is O=C(N[C@H]1c2ccccc2C[C@H]1O)C1NNC2=CCOCC21. The number of carbonyl (C=O) groups is 1. The summed E-state index contributed by atoms with van der Waals surface area (Å²) in [6.45, 7) is 1.09. The molecule has 1 aliphatic carbocycles. The van der Waals surface area contributed by atoms with Gasteiger partial charge in [-0.15, -0.1) is 0 Å². The molecule has 3 aliphatic rings. The molecule has 0 saturated carbocycles. The van der Waals surface area contributed by atoms with Crippen LogP contribution in [0.4, 0.5) is 0 Å². The van der Waals surface area contributed by atoms with Crippen LogP contribution in [0.15, 0.2) is 36.0 Å². The molecular weight excluding hydrogens is 282 g/mol.